The molecule has 0 radical (unpaired) electrons. The van der Waals surface area contributed by atoms with Crippen LogP contribution in [0.1, 0.15) is 335 Å². The lowest BCUT2D eigenvalue weighted by atomic mass is 10.0. The Balaban J connectivity index is 4.21. The van der Waals surface area contributed by atoms with Crippen LogP contribution in [-0.2, 0) is 28.6 Å². The predicted molar refractivity (Wildman–Crippen MR) is 357 cm³/mol. The van der Waals surface area contributed by atoms with Crippen molar-refractivity contribution in [3.05, 3.63) is 109 Å². The standard InChI is InChI=1S/C76H130O6/c1-4-7-10-13-16-19-22-24-26-28-30-32-34-36-37-38-39-41-42-44-46-48-50-52-54-57-60-63-66-69-75(78)81-72-73(71-80-74(77)68-65-62-59-56-21-18-15-12-9-6-3)82-76(79)70-67-64-61-58-55-53-51-49-47-45-43-40-35-33-31-29-27-25-23-20-17-14-11-8-5-2/h7,10,12,15-16,19,23-26,29-32,35-37,40,73H,4-6,8-9,11,13-14,17-18,20-22,27-28,33-34,38-39,41-72H2,1-3H3/b10-7-,15-12-,19-16-,25-23-,26-24-,31-29-,32-30-,37-36-,40-35-. The molecule has 0 aliphatic rings. The number of hydrogen-bond donors (Lipinski definition) is 0. The highest BCUT2D eigenvalue weighted by molar-refractivity contribution is 5.71. The van der Waals surface area contributed by atoms with Gasteiger partial charge in [-0.2, -0.15) is 0 Å². The van der Waals surface area contributed by atoms with E-state index < -0.39 is 6.10 Å². The smallest absolute Gasteiger partial charge is 0.306 e. The molecule has 0 aromatic carbocycles. The Bertz CT molecular complexity index is 1640. The maximum absolute atomic E-state index is 12.9. The molecule has 6 heteroatoms. The minimum atomic E-state index is -0.786. The zero-order valence-corrected chi connectivity index (χ0v) is 54.0. The van der Waals surface area contributed by atoms with E-state index in [1.54, 1.807) is 0 Å². The summed E-state index contributed by atoms with van der Waals surface area (Å²) in [5.74, 6) is -0.887. The first-order chi connectivity index (χ1) is 40.5. The number of carbonyl (C=O) groups is 3. The quantitative estimate of drug-likeness (QED) is 0.0261. The van der Waals surface area contributed by atoms with Crippen molar-refractivity contribution in [1.82, 2.24) is 0 Å². The number of allylic oxidation sites excluding steroid dienone is 18. The Labute approximate surface area is 508 Å². The van der Waals surface area contributed by atoms with Gasteiger partial charge in [0.25, 0.3) is 0 Å². The van der Waals surface area contributed by atoms with Crippen molar-refractivity contribution in [2.45, 2.75) is 341 Å². The summed E-state index contributed by atoms with van der Waals surface area (Å²) in [7, 11) is 0. The molecule has 0 fully saturated rings. The lowest BCUT2D eigenvalue weighted by Crippen LogP contribution is -2.30. The Morgan fingerprint density at radius 1 is 0.256 bits per heavy atom. The SMILES string of the molecule is CC/C=C\C/C=C\C/C=C\C/C=C\C/C=C\CCCCCCCCCCCCCCCC(=O)OCC(COC(=O)CCCCCCC/C=C\CCC)OC(=O)CCCCCCCCCCCC/C=C\C/C=C\C/C=C\CCCCCCC. The molecule has 0 spiro atoms. The zero-order chi connectivity index (χ0) is 59.2. The van der Waals surface area contributed by atoms with Gasteiger partial charge in [0.2, 0.25) is 0 Å². The summed E-state index contributed by atoms with van der Waals surface area (Å²) in [4.78, 5) is 38.3. The monoisotopic (exact) mass is 1140 g/mol. The van der Waals surface area contributed by atoms with Gasteiger partial charge in [-0.05, 0) is 122 Å². The Morgan fingerprint density at radius 3 is 0.805 bits per heavy atom. The van der Waals surface area contributed by atoms with Crippen molar-refractivity contribution in [3.8, 4) is 0 Å². The van der Waals surface area contributed by atoms with Gasteiger partial charge in [0.1, 0.15) is 13.2 Å². The average Bonchev–Trinajstić information content (AvgIpc) is 3.48. The molecule has 0 heterocycles. The molecule has 0 saturated carbocycles. The highest BCUT2D eigenvalue weighted by Gasteiger charge is 2.19. The van der Waals surface area contributed by atoms with Crippen LogP contribution in [0.3, 0.4) is 0 Å². The molecule has 0 aromatic heterocycles. The fourth-order valence-corrected chi connectivity index (χ4v) is 9.78. The molecular weight excluding hydrogens is 1010 g/mol. The molecule has 0 bridgehead atoms. The Hall–Kier alpha value is -3.93. The topological polar surface area (TPSA) is 78.9 Å². The van der Waals surface area contributed by atoms with Crippen LogP contribution in [0.2, 0.25) is 0 Å². The van der Waals surface area contributed by atoms with Crippen LogP contribution in [0.5, 0.6) is 0 Å². The number of carbonyl (C=O) groups excluding carboxylic acids is 3. The predicted octanol–water partition coefficient (Wildman–Crippen LogP) is 24.2. The van der Waals surface area contributed by atoms with E-state index in [2.05, 4.69) is 130 Å². The summed E-state index contributed by atoms with van der Waals surface area (Å²) in [6.07, 6.45) is 95.5. The van der Waals surface area contributed by atoms with Gasteiger partial charge in [-0.25, -0.2) is 0 Å². The molecule has 1 unspecified atom stereocenters. The van der Waals surface area contributed by atoms with E-state index in [1.165, 1.54) is 180 Å². The van der Waals surface area contributed by atoms with Gasteiger partial charge in [-0.3, -0.25) is 14.4 Å². The van der Waals surface area contributed by atoms with Gasteiger partial charge in [0.15, 0.2) is 6.10 Å². The summed E-state index contributed by atoms with van der Waals surface area (Å²) in [5.41, 5.74) is 0. The van der Waals surface area contributed by atoms with E-state index in [9.17, 15) is 14.4 Å². The molecule has 1 atom stereocenters. The number of esters is 3. The van der Waals surface area contributed by atoms with Gasteiger partial charge in [0, 0.05) is 19.3 Å². The molecule has 0 aromatic rings. The highest BCUT2D eigenvalue weighted by atomic mass is 16.6. The lowest BCUT2D eigenvalue weighted by Gasteiger charge is -2.18. The first-order valence-electron chi connectivity index (χ1n) is 34.9. The fraction of sp³-hybridized carbons (Fsp3) is 0.724. The summed E-state index contributed by atoms with van der Waals surface area (Å²) in [5, 5.41) is 0. The van der Waals surface area contributed by atoms with Crippen molar-refractivity contribution in [2.24, 2.45) is 0 Å². The third-order valence-electron chi connectivity index (χ3n) is 15.0. The highest BCUT2D eigenvalue weighted by Crippen LogP contribution is 2.17. The molecule has 0 rings (SSSR count). The van der Waals surface area contributed by atoms with Crippen molar-refractivity contribution in [3.63, 3.8) is 0 Å². The number of ether oxygens (including phenoxy) is 3. The van der Waals surface area contributed by atoms with Crippen molar-refractivity contribution in [1.29, 1.82) is 0 Å². The number of hydrogen-bond acceptors (Lipinski definition) is 6. The minimum absolute atomic E-state index is 0.0817. The summed E-state index contributed by atoms with van der Waals surface area (Å²) >= 11 is 0. The van der Waals surface area contributed by atoms with E-state index in [0.29, 0.717) is 19.3 Å². The van der Waals surface area contributed by atoms with E-state index in [4.69, 9.17) is 14.2 Å². The fourth-order valence-electron chi connectivity index (χ4n) is 9.78. The van der Waals surface area contributed by atoms with E-state index >= 15 is 0 Å². The van der Waals surface area contributed by atoms with Crippen LogP contribution in [0.15, 0.2) is 109 Å². The first kappa shape index (κ1) is 78.1. The van der Waals surface area contributed by atoms with Crippen molar-refractivity contribution < 1.29 is 28.6 Å². The second kappa shape index (κ2) is 69.6. The third kappa shape index (κ3) is 66.9. The second-order valence-corrected chi connectivity index (χ2v) is 23.1. The maximum Gasteiger partial charge on any atom is 0.306 e. The lowest BCUT2D eigenvalue weighted by molar-refractivity contribution is -0.167. The van der Waals surface area contributed by atoms with E-state index in [-0.39, 0.29) is 31.1 Å². The molecule has 470 valence electrons. The van der Waals surface area contributed by atoms with Crippen LogP contribution in [0.25, 0.3) is 0 Å². The molecule has 0 amide bonds. The number of unbranched alkanes of at least 4 members (excludes halogenated alkanes) is 34. The van der Waals surface area contributed by atoms with Gasteiger partial charge in [-0.1, -0.05) is 304 Å². The first-order valence-corrected chi connectivity index (χ1v) is 34.9. The third-order valence-corrected chi connectivity index (χ3v) is 15.0. The summed E-state index contributed by atoms with van der Waals surface area (Å²) < 4.78 is 16.9. The summed E-state index contributed by atoms with van der Waals surface area (Å²) in [6.45, 7) is 6.47. The van der Waals surface area contributed by atoms with Gasteiger partial charge in [-0.15, -0.1) is 0 Å². The maximum atomic E-state index is 12.9. The van der Waals surface area contributed by atoms with Crippen LogP contribution in [0, 0.1) is 0 Å². The summed E-state index contributed by atoms with van der Waals surface area (Å²) in [6, 6.07) is 0. The molecule has 6 nitrogen and oxygen atoms in total. The van der Waals surface area contributed by atoms with Crippen LogP contribution in [0.4, 0.5) is 0 Å². The van der Waals surface area contributed by atoms with Crippen molar-refractivity contribution >= 4 is 17.9 Å². The molecular formula is C76H130O6. The molecule has 82 heavy (non-hydrogen) atoms. The van der Waals surface area contributed by atoms with Crippen LogP contribution < -0.4 is 0 Å². The minimum Gasteiger partial charge on any atom is -0.462 e. The Kier molecular flexibility index (Phi) is 66.2. The van der Waals surface area contributed by atoms with Crippen molar-refractivity contribution in [2.75, 3.05) is 13.2 Å². The molecule has 0 saturated heterocycles. The normalized spacial score (nSPS) is 12.8. The largest absolute Gasteiger partial charge is 0.462 e. The van der Waals surface area contributed by atoms with E-state index in [0.717, 1.165) is 116 Å². The van der Waals surface area contributed by atoms with Gasteiger partial charge in [0.05, 0.1) is 0 Å². The molecule has 0 N–H and O–H groups in total. The zero-order valence-electron chi connectivity index (χ0n) is 54.0. The molecule has 0 aliphatic heterocycles. The van der Waals surface area contributed by atoms with E-state index in [1.807, 2.05) is 0 Å². The van der Waals surface area contributed by atoms with Gasteiger partial charge >= 0.3 is 17.9 Å². The average molecular weight is 1140 g/mol. The second-order valence-electron chi connectivity index (χ2n) is 23.1. The number of rotatable bonds is 63. The van der Waals surface area contributed by atoms with Gasteiger partial charge < -0.3 is 14.2 Å². The van der Waals surface area contributed by atoms with Crippen LogP contribution >= 0.6 is 0 Å². The molecule has 0 aliphatic carbocycles. The van der Waals surface area contributed by atoms with Crippen LogP contribution in [-0.4, -0.2) is 37.2 Å². The Morgan fingerprint density at radius 2 is 0.500 bits per heavy atom.